The van der Waals surface area contributed by atoms with Crippen LogP contribution in [0, 0.1) is 0 Å². The lowest BCUT2D eigenvalue weighted by Gasteiger charge is -2.38. The SMILES string of the molecule is COc1ccccc1N1CCN([C@@H]2CC(=O)N(c3ccccc3Cl)C2=O)CC1. The van der Waals surface area contributed by atoms with Crippen LogP contribution in [0.2, 0.25) is 5.02 Å². The molecule has 7 heteroatoms. The molecule has 2 aliphatic heterocycles. The third kappa shape index (κ3) is 3.34. The van der Waals surface area contributed by atoms with E-state index in [9.17, 15) is 9.59 Å². The summed E-state index contributed by atoms with van der Waals surface area (Å²) < 4.78 is 5.46. The van der Waals surface area contributed by atoms with E-state index in [1.165, 1.54) is 4.90 Å². The Hall–Kier alpha value is -2.57. The molecular weight excluding hydrogens is 378 g/mol. The third-order valence-corrected chi connectivity index (χ3v) is 5.72. The van der Waals surface area contributed by atoms with E-state index >= 15 is 0 Å². The van der Waals surface area contributed by atoms with Crippen LogP contribution >= 0.6 is 11.6 Å². The van der Waals surface area contributed by atoms with Crippen molar-refractivity contribution in [3.05, 3.63) is 53.6 Å². The molecule has 0 bridgehead atoms. The highest BCUT2D eigenvalue weighted by atomic mass is 35.5. The predicted molar refractivity (Wildman–Crippen MR) is 109 cm³/mol. The van der Waals surface area contributed by atoms with Crippen LogP contribution in [0.3, 0.4) is 0 Å². The summed E-state index contributed by atoms with van der Waals surface area (Å²) in [4.78, 5) is 31.1. The minimum absolute atomic E-state index is 0.191. The zero-order valence-electron chi connectivity index (χ0n) is 15.7. The van der Waals surface area contributed by atoms with Crippen molar-refractivity contribution < 1.29 is 14.3 Å². The summed E-state index contributed by atoms with van der Waals surface area (Å²) >= 11 is 6.21. The summed E-state index contributed by atoms with van der Waals surface area (Å²) in [5.74, 6) is 0.451. The zero-order valence-corrected chi connectivity index (χ0v) is 16.4. The monoisotopic (exact) mass is 399 g/mol. The van der Waals surface area contributed by atoms with Crippen molar-refractivity contribution in [1.29, 1.82) is 0 Å². The van der Waals surface area contributed by atoms with Crippen molar-refractivity contribution in [2.24, 2.45) is 0 Å². The maximum Gasteiger partial charge on any atom is 0.251 e. The number of hydrogen-bond donors (Lipinski definition) is 0. The number of methoxy groups -OCH3 is 1. The number of ether oxygens (including phenoxy) is 1. The van der Waals surface area contributed by atoms with Crippen LogP contribution in [-0.4, -0.2) is 56.0 Å². The Kier molecular flexibility index (Phi) is 5.24. The first-order chi connectivity index (χ1) is 13.6. The number of carbonyl (C=O) groups excluding carboxylic acids is 2. The smallest absolute Gasteiger partial charge is 0.251 e. The maximum absolute atomic E-state index is 13.0. The first-order valence-corrected chi connectivity index (χ1v) is 9.71. The van der Waals surface area contributed by atoms with E-state index in [4.69, 9.17) is 16.3 Å². The molecule has 0 N–H and O–H groups in total. The van der Waals surface area contributed by atoms with E-state index in [1.54, 1.807) is 31.4 Å². The fraction of sp³-hybridized carbons (Fsp3) is 0.333. The van der Waals surface area contributed by atoms with Gasteiger partial charge in [0.15, 0.2) is 0 Å². The molecule has 2 amide bonds. The van der Waals surface area contributed by atoms with Crippen molar-refractivity contribution in [2.75, 3.05) is 43.1 Å². The van der Waals surface area contributed by atoms with Gasteiger partial charge in [0.05, 0.1) is 36.0 Å². The minimum atomic E-state index is -0.427. The molecule has 28 heavy (non-hydrogen) atoms. The fourth-order valence-corrected chi connectivity index (χ4v) is 4.17. The number of piperazine rings is 1. The van der Waals surface area contributed by atoms with Crippen molar-refractivity contribution in [1.82, 2.24) is 4.90 Å². The summed E-state index contributed by atoms with van der Waals surface area (Å²) in [5, 5.41) is 0.408. The van der Waals surface area contributed by atoms with Crippen LogP contribution in [0.5, 0.6) is 5.75 Å². The summed E-state index contributed by atoms with van der Waals surface area (Å²) in [7, 11) is 1.67. The normalized spacial score (nSPS) is 20.7. The maximum atomic E-state index is 13.0. The fourth-order valence-electron chi connectivity index (χ4n) is 3.95. The van der Waals surface area contributed by atoms with E-state index < -0.39 is 6.04 Å². The highest BCUT2D eigenvalue weighted by molar-refractivity contribution is 6.36. The number of imide groups is 1. The van der Waals surface area contributed by atoms with Crippen LogP contribution in [0.1, 0.15) is 6.42 Å². The molecule has 146 valence electrons. The Morgan fingerprint density at radius 3 is 2.25 bits per heavy atom. The largest absolute Gasteiger partial charge is 0.495 e. The second-order valence-electron chi connectivity index (χ2n) is 6.93. The molecule has 2 heterocycles. The molecule has 2 fully saturated rings. The number of amides is 2. The van der Waals surface area contributed by atoms with E-state index in [1.807, 2.05) is 24.3 Å². The Labute approximate surface area is 169 Å². The Balaban J connectivity index is 1.46. The van der Waals surface area contributed by atoms with Crippen LogP contribution in [-0.2, 0) is 9.59 Å². The molecule has 0 spiro atoms. The first-order valence-electron chi connectivity index (χ1n) is 9.33. The highest BCUT2D eigenvalue weighted by Crippen LogP contribution is 2.33. The van der Waals surface area contributed by atoms with Crippen molar-refractivity contribution in [3.63, 3.8) is 0 Å². The molecule has 0 aromatic heterocycles. The average Bonchev–Trinajstić information content (AvgIpc) is 3.02. The molecule has 2 saturated heterocycles. The van der Waals surface area contributed by atoms with Gasteiger partial charge in [0.1, 0.15) is 5.75 Å². The standard InChI is InChI=1S/C21H22ClN3O3/c1-28-19-9-5-4-8-17(19)23-10-12-24(13-11-23)18-14-20(26)25(21(18)27)16-7-3-2-6-15(16)22/h2-9,18H,10-14H2,1H3/t18-/m1/s1. The molecule has 0 aliphatic carbocycles. The predicted octanol–water partition coefficient (Wildman–Crippen LogP) is 2.80. The van der Waals surface area contributed by atoms with Crippen LogP contribution in [0.25, 0.3) is 0 Å². The number of nitrogens with zero attached hydrogens (tertiary/aromatic N) is 3. The Morgan fingerprint density at radius 1 is 0.929 bits per heavy atom. The number of halogens is 1. The molecule has 2 aromatic carbocycles. The molecule has 0 radical (unpaired) electrons. The molecule has 4 rings (SSSR count). The minimum Gasteiger partial charge on any atom is -0.495 e. The number of anilines is 2. The molecule has 2 aromatic rings. The average molecular weight is 400 g/mol. The van der Waals surface area contributed by atoms with Crippen LogP contribution in [0.4, 0.5) is 11.4 Å². The second-order valence-corrected chi connectivity index (χ2v) is 7.34. The third-order valence-electron chi connectivity index (χ3n) is 5.40. The number of benzene rings is 2. The topological polar surface area (TPSA) is 53.1 Å². The number of carbonyl (C=O) groups is 2. The van der Waals surface area contributed by atoms with Gasteiger partial charge in [-0.2, -0.15) is 0 Å². The van der Waals surface area contributed by atoms with Gasteiger partial charge >= 0.3 is 0 Å². The van der Waals surface area contributed by atoms with Crippen molar-refractivity contribution >= 4 is 34.8 Å². The van der Waals surface area contributed by atoms with Crippen LogP contribution in [0.15, 0.2) is 48.5 Å². The van der Waals surface area contributed by atoms with E-state index in [2.05, 4.69) is 9.80 Å². The van der Waals surface area contributed by atoms with Gasteiger partial charge in [-0.05, 0) is 24.3 Å². The molecule has 0 unspecified atom stereocenters. The quantitative estimate of drug-likeness (QED) is 0.740. The van der Waals surface area contributed by atoms with Gasteiger partial charge in [-0.1, -0.05) is 35.9 Å². The molecule has 1 atom stereocenters. The first kappa shape index (κ1) is 18.8. The van der Waals surface area contributed by atoms with Crippen molar-refractivity contribution in [3.8, 4) is 5.75 Å². The Morgan fingerprint density at radius 2 is 1.57 bits per heavy atom. The highest BCUT2D eigenvalue weighted by Gasteiger charge is 2.44. The molecule has 2 aliphatic rings. The van der Waals surface area contributed by atoms with Crippen LogP contribution < -0.4 is 14.5 Å². The van der Waals surface area contributed by atoms with E-state index in [-0.39, 0.29) is 18.2 Å². The van der Waals surface area contributed by atoms with Gasteiger partial charge < -0.3 is 9.64 Å². The van der Waals surface area contributed by atoms with Gasteiger partial charge in [0.2, 0.25) is 5.91 Å². The second kappa shape index (κ2) is 7.81. The van der Waals surface area contributed by atoms with E-state index in [0.29, 0.717) is 23.8 Å². The molecular formula is C21H22ClN3O3. The lowest BCUT2D eigenvalue weighted by Crippen LogP contribution is -2.52. The lowest BCUT2D eigenvalue weighted by atomic mass is 10.1. The summed E-state index contributed by atoms with van der Waals surface area (Å²) in [6.07, 6.45) is 0.193. The van der Waals surface area contributed by atoms with Gasteiger partial charge in [0.25, 0.3) is 5.91 Å². The zero-order chi connectivity index (χ0) is 19.7. The summed E-state index contributed by atoms with van der Waals surface area (Å²) in [5.41, 5.74) is 1.52. The van der Waals surface area contributed by atoms with Gasteiger partial charge in [-0.15, -0.1) is 0 Å². The number of hydrogen-bond acceptors (Lipinski definition) is 5. The summed E-state index contributed by atoms with van der Waals surface area (Å²) in [6, 6.07) is 14.5. The van der Waals surface area contributed by atoms with Gasteiger partial charge in [-0.3, -0.25) is 14.5 Å². The molecule has 6 nitrogen and oxygen atoms in total. The summed E-state index contributed by atoms with van der Waals surface area (Å²) in [6.45, 7) is 2.95. The van der Waals surface area contributed by atoms with Gasteiger partial charge in [-0.25, -0.2) is 4.90 Å². The van der Waals surface area contributed by atoms with Gasteiger partial charge in [0, 0.05) is 26.2 Å². The number of para-hydroxylation sites is 3. The molecule has 0 saturated carbocycles. The lowest BCUT2D eigenvalue weighted by molar-refractivity contribution is -0.123. The van der Waals surface area contributed by atoms with E-state index in [0.717, 1.165) is 24.5 Å². The number of rotatable bonds is 4. The Bertz CT molecular complexity index is 896. The van der Waals surface area contributed by atoms with Crippen molar-refractivity contribution in [2.45, 2.75) is 12.5 Å².